The number of carbonyl (C=O) groups is 2. The number of halogens is 1. The minimum Gasteiger partial charge on any atom is -0.443 e. The fourth-order valence-corrected chi connectivity index (χ4v) is 3.41. The monoisotopic (exact) mass is 460 g/mol. The Morgan fingerprint density at radius 1 is 1.19 bits per heavy atom. The number of oxazole rings is 1. The van der Waals surface area contributed by atoms with E-state index in [9.17, 15) is 14.0 Å². The lowest BCUT2D eigenvalue weighted by Crippen LogP contribution is -2.34. The van der Waals surface area contributed by atoms with Gasteiger partial charge in [0.1, 0.15) is 22.8 Å². The molecule has 3 aromatic rings. The summed E-state index contributed by atoms with van der Waals surface area (Å²) in [6, 6.07) is 5.64. The van der Waals surface area contributed by atoms with Crippen molar-refractivity contribution in [2.75, 3.05) is 11.9 Å². The SMILES string of the molecule is CC(C)NC(=O)c1csc(-c2oc(N(C)C(=O)OC(C)(C)C)nc2-c2ccc(F)cc2)n1. The lowest BCUT2D eigenvalue weighted by atomic mass is 10.1. The molecule has 2 heterocycles. The number of amides is 2. The highest BCUT2D eigenvalue weighted by molar-refractivity contribution is 7.13. The average Bonchev–Trinajstić information content (AvgIpc) is 3.33. The van der Waals surface area contributed by atoms with Crippen molar-refractivity contribution in [1.82, 2.24) is 15.3 Å². The molecule has 1 aromatic carbocycles. The van der Waals surface area contributed by atoms with Gasteiger partial charge < -0.3 is 14.5 Å². The molecule has 0 atom stereocenters. The van der Waals surface area contributed by atoms with Gasteiger partial charge in [0, 0.05) is 24.0 Å². The van der Waals surface area contributed by atoms with Crippen molar-refractivity contribution in [2.24, 2.45) is 0 Å². The molecular formula is C22H25FN4O4S. The van der Waals surface area contributed by atoms with E-state index in [-0.39, 0.29) is 29.4 Å². The predicted octanol–water partition coefficient (Wildman–Crippen LogP) is 5.11. The summed E-state index contributed by atoms with van der Waals surface area (Å²) in [5.41, 5.74) is 0.467. The lowest BCUT2D eigenvalue weighted by Gasteiger charge is -2.22. The molecule has 3 rings (SSSR count). The number of nitrogens with one attached hydrogen (secondary N) is 1. The molecule has 10 heteroatoms. The van der Waals surface area contributed by atoms with Gasteiger partial charge in [-0.15, -0.1) is 11.3 Å². The Morgan fingerprint density at radius 3 is 2.44 bits per heavy atom. The van der Waals surface area contributed by atoms with Gasteiger partial charge in [-0.1, -0.05) is 0 Å². The van der Waals surface area contributed by atoms with Gasteiger partial charge in [0.2, 0.25) is 0 Å². The number of rotatable bonds is 5. The molecule has 0 fully saturated rings. The second kappa shape index (κ2) is 9.07. The summed E-state index contributed by atoms with van der Waals surface area (Å²) >= 11 is 1.20. The van der Waals surface area contributed by atoms with E-state index in [1.165, 1.54) is 30.5 Å². The summed E-state index contributed by atoms with van der Waals surface area (Å²) in [6.07, 6.45) is -0.646. The van der Waals surface area contributed by atoms with Crippen LogP contribution in [0.15, 0.2) is 34.1 Å². The summed E-state index contributed by atoms with van der Waals surface area (Å²) < 4.78 is 24.7. The number of ether oxygens (including phenoxy) is 1. The fourth-order valence-electron chi connectivity index (χ4n) is 2.63. The van der Waals surface area contributed by atoms with E-state index in [4.69, 9.17) is 9.15 Å². The summed E-state index contributed by atoms with van der Waals surface area (Å²) in [6.45, 7) is 8.97. The van der Waals surface area contributed by atoms with E-state index in [2.05, 4.69) is 15.3 Å². The van der Waals surface area contributed by atoms with Crippen molar-refractivity contribution >= 4 is 29.4 Å². The van der Waals surface area contributed by atoms with Crippen molar-refractivity contribution in [2.45, 2.75) is 46.3 Å². The largest absolute Gasteiger partial charge is 0.443 e. The molecule has 0 aliphatic heterocycles. The van der Waals surface area contributed by atoms with E-state index in [0.717, 1.165) is 4.90 Å². The van der Waals surface area contributed by atoms with Crippen LogP contribution in [0.25, 0.3) is 22.0 Å². The normalized spacial score (nSPS) is 11.5. The summed E-state index contributed by atoms with van der Waals surface area (Å²) in [4.78, 5) is 34.7. The smallest absolute Gasteiger partial charge is 0.418 e. The van der Waals surface area contributed by atoms with E-state index in [0.29, 0.717) is 16.3 Å². The molecule has 0 spiro atoms. The first kappa shape index (κ1) is 23.4. The molecule has 32 heavy (non-hydrogen) atoms. The molecule has 0 radical (unpaired) electrons. The third kappa shape index (κ3) is 5.50. The average molecular weight is 461 g/mol. The molecule has 2 amide bonds. The molecule has 0 bridgehead atoms. The first-order chi connectivity index (χ1) is 14.9. The third-order valence-corrected chi connectivity index (χ3v) is 4.88. The maximum absolute atomic E-state index is 13.5. The van der Waals surface area contributed by atoms with E-state index in [1.54, 1.807) is 38.3 Å². The lowest BCUT2D eigenvalue weighted by molar-refractivity contribution is 0.0582. The van der Waals surface area contributed by atoms with Crippen LogP contribution >= 0.6 is 11.3 Å². The molecule has 0 aliphatic rings. The minimum atomic E-state index is -0.700. The van der Waals surface area contributed by atoms with Crippen molar-refractivity contribution in [3.8, 4) is 22.0 Å². The van der Waals surface area contributed by atoms with Gasteiger partial charge in [0.05, 0.1) is 0 Å². The Kier molecular flexibility index (Phi) is 6.63. The molecule has 2 aromatic heterocycles. The van der Waals surface area contributed by atoms with Crippen molar-refractivity contribution in [3.63, 3.8) is 0 Å². The number of carbonyl (C=O) groups excluding carboxylic acids is 2. The summed E-state index contributed by atoms with van der Waals surface area (Å²) in [7, 11) is 1.47. The standard InChI is InChI=1S/C22H25FN4O4S/c1-12(2)24-18(28)15-11-32-19(25-15)17-16(13-7-9-14(23)10-8-13)26-20(30-17)27(6)21(29)31-22(3,4)5/h7-12H,1-6H3,(H,24,28). The van der Waals surface area contributed by atoms with Crippen LogP contribution < -0.4 is 10.2 Å². The molecule has 0 saturated heterocycles. The molecule has 8 nitrogen and oxygen atoms in total. The zero-order valence-corrected chi connectivity index (χ0v) is 19.5. The van der Waals surface area contributed by atoms with Crippen molar-refractivity contribution in [3.05, 3.63) is 41.2 Å². The molecule has 170 valence electrons. The third-order valence-electron chi connectivity index (χ3n) is 4.04. The van der Waals surface area contributed by atoms with Crippen LogP contribution in [0.1, 0.15) is 45.1 Å². The number of benzene rings is 1. The summed E-state index contributed by atoms with van der Waals surface area (Å²) in [5, 5.41) is 4.79. The molecular weight excluding hydrogens is 435 g/mol. The van der Waals surface area contributed by atoms with Gasteiger partial charge in [-0.2, -0.15) is 4.98 Å². The number of hydrogen-bond donors (Lipinski definition) is 1. The van der Waals surface area contributed by atoms with Crippen LogP contribution in [0.2, 0.25) is 0 Å². The highest BCUT2D eigenvalue weighted by Crippen LogP contribution is 2.37. The minimum absolute atomic E-state index is 0.0167. The van der Waals surface area contributed by atoms with Crippen LogP contribution in [-0.2, 0) is 4.74 Å². The fraction of sp³-hybridized carbons (Fsp3) is 0.364. The first-order valence-electron chi connectivity index (χ1n) is 9.95. The zero-order chi connectivity index (χ0) is 23.6. The maximum atomic E-state index is 13.5. The van der Waals surface area contributed by atoms with Crippen molar-refractivity contribution in [1.29, 1.82) is 0 Å². The first-order valence-corrected chi connectivity index (χ1v) is 10.8. The van der Waals surface area contributed by atoms with Crippen LogP contribution in [0, 0.1) is 5.82 Å². The van der Waals surface area contributed by atoms with Gasteiger partial charge in [0.15, 0.2) is 10.8 Å². The Morgan fingerprint density at radius 2 is 1.84 bits per heavy atom. The van der Waals surface area contributed by atoms with Crippen molar-refractivity contribution < 1.29 is 23.1 Å². The van der Waals surface area contributed by atoms with Gasteiger partial charge in [-0.05, 0) is 58.9 Å². The summed E-state index contributed by atoms with van der Waals surface area (Å²) in [5.74, 6) is -0.446. The van der Waals surface area contributed by atoms with E-state index in [1.807, 2.05) is 13.8 Å². The number of hydrogen-bond acceptors (Lipinski definition) is 7. The maximum Gasteiger partial charge on any atom is 0.418 e. The van der Waals surface area contributed by atoms with Gasteiger partial charge in [-0.3, -0.25) is 4.79 Å². The van der Waals surface area contributed by atoms with Gasteiger partial charge in [-0.25, -0.2) is 19.1 Å². The number of aromatic nitrogens is 2. The second-order valence-corrected chi connectivity index (χ2v) is 9.24. The Labute approximate surface area is 189 Å². The van der Waals surface area contributed by atoms with Crippen LogP contribution in [0.5, 0.6) is 0 Å². The van der Waals surface area contributed by atoms with Gasteiger partial charge >= 0.3 is 12.1 Å². The topological polar surface area (TPSA) is 97.6 Å². The molecule has 0 unspecified atom stereocenters. The van der Waals surface area contributed by atoms with Crippen LogP contribution in [0.4, 0.5) is 15.2 Å². The van der Waals surface area contributed by atoms with E-state index < -0.39 is 17.5 Å². The second-order valence-electron chi connectivity index (χ2n) is 8.39. The highest BCUT2D eigenvalue weighted by atomic mass is 32.1. The number of anilines is 1. The Bertz CT molecular complexity index is 1120. The van der Waals surface area contributed by atoms with Gasteiger partial charge in [0.25, 0.3) is 5.91 Å². The quantitative estimate of drug-likeness (QED) is 0.568. The molecule has 0 saturated carbocycles. The Hall–Kier alpha value is -3.27. The predicted molar refractivity (Wildman–Crippen MR) is 120 cm³/mol. The van der Waals surface area contributed by atoms with E-state index >= 15 is 0 Å². The molecule has 1 N–H and O–H groups in total. The van der Waals surface area contributed by atoms with Crippen LogP contribution in [0.3, 0.4) is 0 Å². The Balaban J connectivity index is 2.02. The zero-order valence-electron chi connectivity index (χ0n) is 18.7. The van der Waals surface area contributed by atoms with Crippen LogP contribution in [-0.4, -0.2) is 40.7 Å². The number of nitrogens with zero attached hydrogens (tertiary/aromatic N) is 3. The molecule has 0 aliphatic carbocycles. The number of thiazole rings is 1. The highest BCUT2D eigenvalue weighted by Gasteiger charge is 2.27.